The summed E-state index contributed by atoms with van der Waals surface area (Å²) in [5.41, 5.74) is 2.77. The van der Waals surface area contributed by atoms with Gasteiger partial charge in [-0.15, -0.1) is 0 Å². The number of benzene rings is 2. The van der Waals surface area contributed by atoms with E-state index in [9.17, 15) is 0 Å². The molecule has 3 rings (SSSR count). The van der Waals surface area contributed by atoms with Crippen molar-refractivity contribution in [2.75, 3.05) is 26.9 Å². The summed E-state index contributed by atoms with van der Waals surface area (Å²) >= 11 is 6.23. The Bertz CT molecular complexity index is 957. The van der Waals surface area contributed by atoms with Gasteiger partial charge in [-0.05, 0) is 29.0 Å². The number of imidazole rings is 1. The molecule has 0 aliphatic rings. The standard InChI is InChI=1S/C20H19ClN2O3/c1-15-22-19-7-3-4-8-20(19)23(15)26-13-12-25-17-10-9-16(18(21)14-17)6-5-11-24-2/h3-4,7-10,14H,11-13H2,1-2H3/p+1. The third-order valence-electron chi connectivity index (χ3n) is 3.70. The molecule has 2 aromatic carbocycles. The molecule has 0 amide bonds. The molecule has 0 aliphatic heterocycles. The van der Waals surface area contributed by atoms with Crippen LogP contribution in [0.25, 0.3) is 11.0 Å². The lowest BCUT2D eigenvalue weighted by atomic mass is 10.2. The Labute approximate surface area is 157 Å². The van der Waals surface area contributed by atoms with Gasteiger partial charge in [-0.25, -0.2) is 4.98 Å². The van der Waals surface area contributed by atoms with Crippen molar-refractivity contribution in [3.63, 3.8) is 0 Å². The van der Waals surface area contributed by atoms with Gasteiger partial charge in [-0.1, -0.05) is 35.6 Å². The van der Waals surface area contributed by atoms with Gasteiger partial charge in [0.05, 0.1) is 5.02 Å². The van der Waals surface area contributed by atoms with E-state index in [2.05, 4.69) is 16.8 Å². The molecule has 134 valence electrons. The average molecular weight is 372 g/mol. The van der Waals surface area contributed by atoms with E-state index in [0.717, 1.165) is 22.4 Å². The topological polar surface area (TPSA) is 47.4 Å². The molecule has 0 radical (unpaired) electrons. The summed E-state index contributed by atoms with van der Waals surface area (Å²) in [5.74, 6) is 7.43. The molecular formula is C20H20ClN2O3+. The van der Waals surface area contributed by atoms with Crippen molar-refractivity contribution in [1.82, 2.24) is 4.98 Å². The highest BCUT2D eigenvalue weighted by molar-refractivity contribution is 6.31. The van der Waals surface area contributed by atoms with Gasteiger partial charge in [0.2, 0.25) is 5.52 Å². The van der Waals surface area contributed by atoms with Gasteiger partial charge < -0.3 is 14.3 Å². The number of nitrogens with zero attached hydrogens (tertiary/aromatic N) is 1. The lowest BCUT2D eigenvalue weighted by Gasteiger charge is -2.07. The summed E-state index contributed by atoms with van der Waals surface area (Å²) in [6.07, 6.45) is 0. The summed E-state index contributed by atoms with van der Waals surface area (Å²) in [7, 11) is 1.60. The lowest BCUT2D eigenvalue weighted by Crippen LogP contribution is -2.45. The van der Waals surface area contributed by atoms with E-state index in [1.807, 2.05) is 43.3 Å². The van der Waals surface area contributed by atoms with Gasteiger partial charge in [0.25, 0.3) is 5.82 Å². The third kappa shape index (κ3) is 4.29. The summed E-state index contributed by atoms with van der Waals surface area (Å²) < 4.78 is 12.4. The van der Waals surface area contributed by atoms with Crippen LogP contribution in [0.2, 0.25) is 5.02 Å². The molecule has 0 atom stereocenters. The molecule has 5 nitrogen and oxygen atoms in total. The van der Waals surface area contributed by atoms with E-state index in [1.54, 1.807) is 17.9 Å². The normalized spacial score (nSPS) is 10.4. The Hall–Kier alpha value is -2.68. The van der Waals surface area contributed by atoms with Crippen molar-refractivity contribution in [1.29, 1.82) is 0 Å². The van der Waals surface area contributed by atoms with Crippen molar-refractivity contribution >= 4 is 22.6 Å². The number of fused-ring (bicyclic) bond motifs is 1. The average Bonchev–Trinajstić information content (AvgIpc) is 2.96. The molecule has 1 N–H and O–H groups in total. The number of H-pyrrole nitrogens is 1. The minimum atomic E-state index is 0.372. The van der Waals surface area contributed by atoms with Crippen molar-refractivity contribution in [3.8, 4) is 17.6 Å². The first-order valence-corrected chi connectivity index (χ1v) is 8.59. The van der Waals surface area contributed by atoms with Crippen molar-refractivity contribution in [2.45, 2.75) is 6.92 Å². The first-order valence-electron chi connectivity index (χ1n) is 8.22. The summed E-state index contributed by atoms with van der Waals surface area (Å²) in [5, 5.41) is 0.550. The summed E-state index contributed by atoms with van der Waals surface area (Å²) in [6.45, 7) is 3.14. The molecule has 3 aromatic rings. The van der Waals surface area contributed by atoms with Gasteiger partial charge in [-0.2, -0.15) is 0 Å². The number of hydrogen-bond acceptors (Lipinski definition) is 3. The molecular weight excluding hydrogens is 352 g/mol. The molecule has 1 heterocycles. The number of aromatic amines is 1. The quantitative estimate of drug-likeness (QED) is 0.412. The number of hydrogen-bond donors (Lipinski definition) is 1. The fourth-order valence-corrected chi connectivity index (χ4v) is 2.75. The van der Waals surface area contributed by atoms with Gasteiger partial charge in [-0.3, -0.25) is 0 Å². The monoisotopic (exact) mass is 371 g/mol. The molecule has 0 fully saturated rings. The summed E-state index contributed by atoms with van der Waals surface area (Å²) in [4.78, 5) is 9.10. The molecule has 0 unspecified atom stereocenters. The SMILES string of the molecule is COCC#Cc1ccc(OCCO[n+]2c(C)[nH]c3ccccc32)cc1Cl. The zero-order valence-corrected chi connectivity index (χ0v) is 15.5. The van der Waals surface area contributed by atoms with Crippen LogP contribution in [0.3, 0.4) is 0 Å². The van der Waals surface area contributed by atoms with Gasteiger partial charge >= 0.3 is 0 Å². The smallest absolute Gasteiger partial charge is 0.292 e. The van der Waals surface area contributed by atoms with Crippen molar-refractivity contribution in [3.05, 3.63) is 58.9 Å². The second-order valence-electron chi connectivity index (χ2n) is 5.58. The first-order chi connectivity index (χ1) is 12.7. The van der Waals surface area contributed by atoms with Crippen molar-refractivity contribution < 1.29 is 19.0 Å². The largest absolute Gasteiger partial charge is 0.490 e. The van der Waals surface area contributed by atoms with Crippen LogP contribution in [0.15, 0.2) is 42.5 Å². The fraction of sp³-hybridized carbons (Fsp3) is 0.250. The van der Waals surface area contributed by atoms with Crippen LogP contribution < -0.4 is 14.3 Å². The second-order valence-corrected chi connectivity index (χ2v) is 5.99. The van der Waals surface area contributed by atoms with E-state index < -0.39 is 0 Å². The lowest BCUT2D eigenvalue weighted by molar-refractivity contribution is -0.875. The minimum absolute atomic E-state index is 0.372. The Morgan fingerprint density at radius 2 is 2.00 bits per heavy atom. The van der Waals surface area contributed by atoms with Crippen LogP contribution in [-0.4, -0.2) is 31.9 Å². The maximum atomic E-state index is 6.23. The van der Waals surface area contributed by atoms with E-state index in [-0.39, 0.29) is 0 Å². The number of aryl methyl sites for hydroxylation is 1. The van der Waals surface area contributed by atoms with Crippen molar-refractivity contribution in [2.24, 2.45) is 0 Å². The molecule has 0 spiro atoms. The fourth-order valence-electron chi connectivity index (χ4n) is 2.53. The van der Waals surface area contributed by atoms with E-state index in [1.165, 1.54) is 0 Å². The predicted molar refractivity (Wildman–Crippen MR) is 100 cm³/mol. The maximum absolute atomic E-state index is 6.23. The number of methoxy groups -OCH3 is 1. The molecule has 0 bridgehead atoms. The molecule has 0 saturated carbocycles. The second kappa shape index (κ2) is 8.61. The highest BCUT2D eigenvalue weighted by atomic mass is 35.5. The maximum Gasteiger partial charge on any atom is 0.292 e. The molecule has 0 aliphatic carbocycles. The van der Waals surface area contributed by atoms with E-state index in [4.69, 9.17) is 25.9 Å². The first kappa shape index (κ1) is 18.1. The number of aromatic nitrogens is 2. The molecule has 6 heteroatoms. The number of rotatable bonds is 6. The number of para-hydroxylation sites is 2. The zero-order valence-electron chi connectivity index (χ0n) is 14.7. The van der Waals surface area contributed by atoms with E-state index >= 15 is 0 Å². The van der Waals surface area contributed by atoms with Crippen LogP contribution in [0.4, 0.5) is 0 Å². The Morgan fingerprint density at radius 3 is 2.81 bits per heavy atom. The molecule has 0 saturated heterocycles. The molecule has 1 aromatic heterocycles. The van der Waals surface area contributed by atoms with Gasteiger partial charge in [0, 0.05) is 25.7 Å². The van der Waals surface area contributed by atoms with Crippen LogP contribution in [0.1, 0.15) is 11.4 Å². The van der Waals surface area contributed by atoms with Crippen LogP contribution in [-0.2, 0) is 4.74 Å². The Balaban J connectivity index is 1.56. The summed E-state index contributed by atoms with van der Waals surface area (Å²) in [6, 6.07) is 13.4. The van der Waals surface area contributed by atoms with Crippen LogP contribution in [0.5, 0.6) is 5.75 Å². The number of nitrogens with one attached hydrogen (secondary N) is 1. The Morgan fingerprint density at radius 1 is 1.15 bits per heavy atom. The Kier molecular flexibility index (Phi) is 6.00. The number of halogens is 1. The highest BCUT2D eigenvalue weighted by Crippen LogP contribution is 2.21. The molecule has 26 heavy (non-hydrogen) atoms. The number of ether oxygens (including phenoxy) is 2. The van der Waals surface area contributed by atoms with Gasteiger partial charge in [0.1, 0.15) is 19.0 Å². The minimum Gasteiger partial charge on any atom is -0.490 e. The highest BCUT2D eigenvalue weighted by Gasteiger charge is 2.15. The van der Waals surface area contributed by atoms with E-state index in [0.29, 0.717) is 30.6 Å². The van der Waals surface area contributed by atoms with Crippen LogP contribution in [0, 0.1) is 18.8 Å². The van der Waals surface area contributed by atoms with Crippen LogP contribution >= 0.6 is 11.6 Å². The predicted octanol–water partition coefficient (Wildman–Crippen LogP) is 2.92. The zero-order chi connectivity index (χ0) is 18.4. The van der Waals surface area contributed by atoms with Gasteiger partial charge in [0.15, 0.2) is 12.1 Å². The third-order valence-corrected chi connectivity index (χ3v) is 4.01.